The molecule has 0 saturated heterocycles. The van der Waals surface area contributed by atoms with Crippen molar-refractivity contribution < 1.29 is 19.7 Å². The highest BCUT2D eigenvalue weighted by Gasteiger charge is 2.23. The maximum Gasteiger partial charge on any atom is 0.164 e. The number of ether oxygens (including phenoxy) is 2. The largest absolute Gasteiger partial charge is 0.504 e. The van der Waals surface area contributed by atoms with Crippen LogP contribution in [0.15, 0.2) is 12.1 Å². The molecule has 4 heteroatoms. The van der Waals surface area contributed by atoms with Crippen LogP contribution in [0.4, 0.5) is 0 Å². The van der Waals surface area contributed by atoms with E-state index in [1.165, 1.54) is 20.3 Å². The summed E-state index contributed by atoms with van der Waals surface area (Å²) < 4.78 is 10.1. The highest BCUT2D eigenvalue weighted by Crippen LogP contribution is 2.38. The molecule has 0 bridgehead atoms. The first-order valence-corrected chi connectivity index (χ1v) is 4.58. The van der Waals surface area contributed by atoms with Crippen molar-refractivity contribution in [2.45, 2.75) is 19.4 Å². The lowest BCUT2D eigenvalue weighted by molar-refractivity contribution is 0.0752. The lowest BCUT2D eigenvalue weighted by Gasteiger charge is -2.21. The number of aromatic hydroxyl groups is 1. The molecule has 15 heavy (non-hydrogen) atoms. The molecule has 1 aromatic carbocycles. The molecule has 0 radical (unpaired) electrons. The normalized spacial score (nSPS) is 11.3. The van der Waals surface area contributed by atoms with E-state index in [1.54, 1.807) is 19.9 Å². The summed E-state index contributed by atoms with van der Waals surface area (Å²) in [5, 5.41) is 19.4. The third-order valence-corrected chi connectivity index (χ3v) is 2.16. The minimum Gasteiger partial charge on any atom is -0.504 e. The van der Waals surface area contributed by atoms with Crippen molar-refractivity contribution in [2.75, 3.05) is 14.2 Å². The first kappa shape index (κ1) is 11.7. The van der Waals surface area contributed by atoms with E-state index in [4.69, 9.17) is 9.47 Å². The van der Waals surface area contributed by atoms with Crippen molar-refractivity contribution in [2.24, 2.45) is 0 Å². The van der Waals surface area contributed by atoms with Gasteiger partial charge in [0.1, 0.15) is 5.75 Å². The van der Waals surface area contributed by atoms with Gasteiger partial charge >= 0.3 is 0 Å². The summed E-state index contributed by atoms with van der Waals surface area (Å²) >= 11 is 0. The zero-order chi connectivity index (χ0) is 11.6. The minimum atomic E-state index is -1.07. The van der Waals surface area contributed by atoms with Gasteiger partial charge in [-0.15, -0.1) is 0 Å². The molecule has 0 fully saturated rings. The number of benzene rings is 1. The van der Waals surface area contributed by atoms with Crippen LogP contribution in [0.3, 0.4) is 0 Å². The third-order valence-electron chi connectivity index (χ3n) is 2.16. The summed E-state index contributed by atoms with van der Waals surface area (Å²) in [5.74, 6) is 0.785. The van der Waals surface area contributed by atoms with Gasteiger partial charge in [0.15, 0.2) is 11.5 Å². The van der Waals surface area contributed by atoms with Crippen LogP contribution >= 0.6 is 0 Å². The average Bonchev–Trinajstić information content (AvgIpc) is 2.16. The van der Waals surface area contributed by atoms with Crippen LogP contribution in [0.25, 0.3) is 0 Å². The number of aliphatic hydroxyl groups is 1. The van der Waals surface area contributed by atoms with E-state index < -0.39 is 5.60 Å². The molecule has 1 aromatic rings. The van der Waals surface area contributed by atoms with Gasteiger partial charge < -0.3 is 19.7 Å². The van der Waals surface area contributed by atoms with E-state index in [0.717, 1.165) is 0 Å². The van der Waals surface area contributed by atoms with Crippen LogP contribution in [-0.4, -0.2) is 24.4 Å². The highest BCUT2D eigenvalue weighted by molar-refractivity contribution is 5.51. The molecule has 0 aliphatic rings. The van der Waals surface area contributed by atoms with Crippen molar-refractivity contribution in [3.63, 3.8) is 0 Å². The molecule has 2 N–H and O–H groups in total. The molecule has 0 unspecified atom stereocenters. The van der Waals surface area contributed by atoms with Gasteiger partial charge in [-0.25, -0.2) is 0 Å². The van der Waals surface area contributed by atoms with E-state index in [-0.39, 0.29) is 5.75 Å². The lowest BCUT2D eigenvalue weighted by Crippen LogP contribution is -2.16. The fraction of sp³-hybridized carbons (Fsp3) is 0.455. The quantitative estimate of drug-likeness (QED) is 0.799. The van der Waals surface area contributed by atoms with Crippen LogP contribution in [0.5, 0.6) is 17.2 Å². The molecular weight excluding hydrogens is 196 g/mol. The summed E-state index contributed by atoms with van der Waals surface area (Å²) in [7, 11) is 2.96. The fourth-order valence-corrected chi connectivity index (χ4v) is 1.36. The Labute approximate surface area is 89.1 Å². The van der Waals surface area contributed by atoms with Crippen molar-refractivity contribution in [3.05, 3.63) is 17.7 Å². The second-order valence-corrected chi connectivity index (χ2v) is 3.78. The van der Waals surface area contributed by atoms with Crippen LogP contribution in [-0.2, 0) is 5.60 Å². The molecule has 0 aliphatic heterocycles. The van der Waals surface area contributed by atoms with Crippen LogP contribution in [0.1, 0.15) is 19.4 Å². The predicted octanol–water partition coefficient (Wildman–Crippen LogP) is 1.64. The summed E-state index contributed by atoms with van der Waals surface area (Å²) in [4.78, 5) is 0. The van der Waals surface area contributed by atoms with E-state index in [0.29, 0.717) is 17.1 Å². The van der Waals surface area contributed by atoms with E-state index in [1.807, 2.05) is 0 Å². The van der Waals surface area contributed by atoms with Gasteiger partial charge in [-0.1, -0.05) is 0 Å². The summed E-state index contributed by atoms with van der Waals surface area (Å²) in [6.45, 7) is 3.24. The first-order chi connectivity index (χ1) is 6.90. The minimum absolute atomic E-state index is 0.0181. The van der Waals surface area contributed by atoms with Gasteiger partial charge in [0.05, 0.1) is 19.8 Å². The van der Waals surface area contributed by atoms with Gasteiger partial charge in [0.25, 0.3) is 0 Å². The van der Waals surface area contributed by atoms with E-state index in [2.05, 4.69) is 0 Å². The average molecular weight is 212 g/mol. The van der Waals surface area contributed by atoms with E-state index >= 15 is 0 Å². The predicted molar refractivity (Wildman–Crippen MR) is 56.5 cm³/mol. The number of phenols is 1. The molecular formula is C11H16O4. The Kier molecular flexibility index (Phi) is 3.09. The molecule has 0 saturated carbocycles. The summed E-state index contributed by atoms with van der Waals surface area (Å²) in [5.41, 5.74) is -0.557. The van der Waals surface area contributed by atoms with E-state index in [9.17, 15) is 10.2 Å². The third kappa shape index (κ3) is 2.33. The first-order valence-electron chi connectivity index (χ1n) is 4.58. The summed E-state index contributed by atoms with van der Waals surface area (Å²) in [6, 6.07) is 2.99. The number of hydrogen-bond donors (Lipinski definition) is 2. The standard InChI is InChI=1S/C11H16O4/c1-11(2,13)7-5-8(12)10(15-4)6-9(7)14-3/h5-6,12-13H,1-4H3. The van der Waals surface area contributed by atoms with Gasteiger partial charge in [-0.3, -0.25) is 0 Å². The Bertz CT molecular complexity index is 352. The highest BCUT2D eigenvalue weighted by atomic mass is 16.5. The van der Waals surface area contributed by atoms with Crippen LogP contribution < -0.4 is 9.47 Å². The van der Waals surface area contributed by atoms with Gasteiger partial charge in [0.2, 0.25) is 0 Å². The SMILES string of the molecule is COc1cc(OC)c(C(C)(C)O)cc1O. The second-order valence-electron chi connectivity index (χ2n) is 3.78. The lowest BCUT2D eigenvalue weighted by atomic mass is 9.97. The van der Waals surface area contributed by atoms with Gasteiger partial charge in [-0.05, 0) is 19.9 Å². The molecule has 0 aromatic heterocycles. The molecule has 84 valence electrons. The molecule has 1 rings (SSSR count). The number of hydrogen-bond acceptors (Lipinski definition) is 4. The smallest absolute Gasteiger partial charge is 0.164 e. The molecule has 4 nitrogen and oxygen atoms in total. The fourth-order valence-electron chi connectivity index (χ4n) is 1.36. The summed E-state index contributed by atoms with van der Waals surface area (Å²) in [6.07, 6.45) is 0. The Morgan fingerprint density at radius 1 is 1.07 bits per heavy atom. The molecule has 0 spiro atoms. The maximum absolute atomic E-state index is 9.86. The van der Waals surface area contributed by atoms with Crippen molar-refractivity contribution in [1.29, 1.82) is 0 Å². The van der Waals surface area contributed by atoms with Gasteiger partial charge in [-0.2, -0.15) is 0 Å². The molecule has 0 heterocycles. The molecule has 0 aliphatic carbocycles. The van der Waals surface area contributed by atoms with Crippen LogP contribution in [0, 0.1) is 0 Å². The van der Waals surface area contributed by atoms with Crippen molar-refractivity contribution in [1.82, 2.24) is 0 Å². The van der Waals surface area contributed by atoms with Gasteiger partial charge in [0, 0.05) is 11.6 Å². The zero-order valence-electron chi connectivity index (χ0n) is 9.37. The van der Waals surface area contributed by atoms with Crippen molar-refractivity contribution >= 4 is 0 Å². The Balaban J connectivity index is 3.34. The Morgan fingerprint density at radius 3 is 2.00 bits per heavy atom. The van der Waals surface area contributed by atoms with Crippen molar-refractivity contribution in [3.8, 4) is 17.2 Å². The Hall–Kier alpha value is -1.42. The number of methoxy groups -OCH3 is 2. The number of phenolic OH excluding ortho intramolecular Hbond substituents is 1. The Morgan fingerprint density at radius 2 is 1.60 bits per heavy atom. The zero-order valence-corrected chi connectivity index (χ0v) is 9.37. The maximum atomic E-state index is 9.86. The number of rotatable bonds is 3. The molecule has 0 amide bonds. The second kappa shape index (κ2) is 3.98. The topological polar surface area (TPSA) is 58.9 Å². The van der Waals surface area contributed by atoms with Crippen LogP contribution in [0.2, 0.25) is 0 Å². The monoisotopic (exact) mass is 212 g/mol. The molecule has 0 atom stereocenters.